The van der Waals surface area contributed by atoms with E-state index in [0.29, 0.717) is 5.52 Å². The average molecular weight is 441 g/mol. The first kappa shape index (κ1) is 20.8. The van der Waals surface area contributed by atoms with Crippen molar-refractivity contribution < 1.29 is 8.78 Å². The van der Waals surface area contributed by atoms with Crippen molar-refractivity contribution in [2.45, 2.75) is 20.3 Å². The van der Waals surface area contributed by atoms with Crippen molar-refractivity contribution in [1.29, 1.82) is 0 Å². The highest BCUT2D eigenvalue weighted by molar-refractivity contribution is 5.91. The molecule has 0 radical (unpaired) electrons. The molecule has 0 spiro atoms. The number of aromatic nitrogens is 4. The van der Waals surface area contributed by atoms with Crippen molar-refractivity contribution in [1.82, 2.24) is 19.6 Å². The molecule has 0 saturated heterocycles. The van der Waals surface area contributed by atoms with Gasteiger partial charge in [0.2, 0.25) is 0 Å². The molecule has 5 nitrogen and oxygen atoms in total. The van der Waals surface area contributed by atoms with Crippen LogP contribution in [0.15, 0.2) is 67.1 Å². The van der Waals surface area contributed by atoms with Crippen LogP contribution in [0.3, 0.4) is 0 Å². The molecule has 2 N–H and O–H groups in total. The van der Waals surface area contributed by atoms with Crippen molar-refractivity contribution in [3.8, 4) is 33.6 Å². The van der Waals surface area contributed by atoms with Crippen molar-refractivity contribution in [3.05, 3.63) is 90.1 Å². The molecular formula is C26H21F2N5. The van der Waals surface area contributed by atoms with E-state index in [2.05, 4.69) is 15.0 Å². The van der Waals surface area contributed by atoms with Gasteiger partial charge in [0.05, 0.1) is 22.5 Å². The minimum atomic E-state index is -0.656. The summed E-state index contributed by atoms with van der Waals surface area (Å²) in [5, 5.41) is 0.777. The van der Waals surface area contributed by atoms with E-state index in [1.54, 1.807) is 18.5 Å². The van der Waals surface area contributed by atoms with Crippen molar-refractivity contribution in [2.75, 3.05) is 5.84 Å². The molecule has 0 aliphatic rings. The maximum atomic E-state index is 14.3. The Labute approximate surface area is 189 Å². The predicted octanol–water partition coefficient (Wildman–Crippen LogP) is 5.69. The molecule has 2 aromatic carbocycles. The SMILES string of the molecule is CCc1ncc(-c2cc(C)c(-c3ccc4c(c3)cc(-c3c(F)cccc3F)n4N)cn2)cn1. The fourth-order valence-electron chi connectivity index (χ4n) is 4.02. The van der Waals surface area contributed by atoms with Crippen LogP contribution in [-0.2, 0) is 6.42 Å². The fraction of sp³-hybridized carbons (Fsp3) is 0.115. The van der Waals surface area contributed by atoms with E-state index in [9.17, 15) is 8.78 Å². The summed E-state index contributed by atoms with van der Waals surface area (Å²) < 4.78 is 30.0. The van der Waals surface area contributed by atoms with E-state index in [4.69, 9.17) is 5.84 Å². The smallest absolute Gasteiger partial charge is 0.135 e. The number of nitrogens with two attached hydrogens (primary N) is 1. The Bertz CT molecular complexity index is 1470. The van der Waals surface area contributed by atoms with E-state index in [1.807, 2.05) is 44.3 Å². The van der Waals surface area contributed by atoms with E-state index >= 15 is 0 Å². The normalized spacial score (nSPS) is 11.3. The molecule has 3 aromatic heterocycles. The molecule has 164 valence electrons. The summed E-state index contributed by atoms with van der Waals surface area (Å²) in [5.74, 6) is 5.67. The second kappa shape index (κ2) is 8.09. The number of fused-ring (bicyclic) bond motifs is 1. The molecule has 0 amide bonds. The second-order valence-electron chi connectivity index (χ2n) is 7.90. The second-order valence-corrected chi connectivity index (χ2v) is 7.90. The highest BCUT2D eigenvalue weighted by atomic mass is 19.1. The van der Waals surface area contributed by atoms with Gasteiger partial charge in [-0.15, -0.1) is 0 Å². The van der Waals surface area contributed by atoms with Gasteiger partial charge in [-0.1, -0.05) is 19.1 Å². The summed E-state index contributed by atoms with van der Waals surface area (Å²) in [4.78, 5) is 13.3. The molecular weight excluding hydrogens is 420 g/mol. The maximum absolute atomic E-state index is 14.3. The lowest BCUT2D eigenvalue weighted by Gasteiger charge is -2.09. The fourth-order valence-corrected chi connectivity index (χ4v) is 4.02. The number of halogens is 2. The number of pyridine rings is 1. The third-order valence-corrected chi connectivity index (χ3v) is 5.80. The Morgan fingerprint density at radius 1 is 0.879 bits per heavy atom. The van der Waals surface area contributed by atoms with E-state index in [-0.39, 0.29) is 11.3 Å². The summed E-state index contributed by atoms with van der Waals surface area (Å²) >= 11 is 0. The zero-order valence-corrected chi connectivity index (χ0v) is 18.2. The molecule has 0 saturated carbocycles. The molecule has 0 aliphatic carbocycles. The molecule has 0 atom stereocenters. The molecule has 5 rings (SSSR count). The summed E-state index contributed by atoms with van der Waals surface area (Å²) in [5.41, 5.74) is 5.38. The monoisotopic (exact) mass is 441 g/mol. The van der Waals surface area contributed by atoms with Gasteiger partial charge in [-0.2, -0.15) is 0 Å². The summed E-state index contributed by atoms with van der Waals surface area (Å²) in [6.07, 6.45) is 6.17. The zero-order chi connectivity index (χ0) is 23.1. The van der Waals surface area contributed by atoms with Crippen LogP contribution in [-0.4, -0.2) is 19.6 Å². The number of aryl methyl sites for hydroxylation is 2. The molecule has 0 unspecified atom stereocenters. The van der Waals surface area contributed by atoms with Crippen LogP contribution in [0, 0.1) is 18.6 Å². The van der Waals surface area contributed by atoms with Crippen LogP contribution in [0.5, 0.6) is 0 Å². The largest absolute Gasteiger partial charge is 0.339 e. The van der Waals surface area contributed by atoms with Crippen LogP contribution in [0.2, 0.25) is 0 Å². The summed E-state index contributed by atoms with van der Waals surface area (Å²) in [6.45, 7) is 4.03. The van der Waals surface area contributed by atoms with Gasteiger partial charge < -0.3 is 5.84 Å². The van der Waals surface area contributed by atoms with Crippen molar-refractivity contribution in [2.24, 2.45) is 0 Å². The lowest BCUT2D eigenvalue weighted by atomic mass is 10.00. The van der Waals surface area contributed by atoms with Gasteiger partial charge in [0.15, 0.2) is 0 Å². The third kappa shape index (κ3) is 3.61. The maximum Gasteiger partial charge on any atom is 0.135 e. The first-order valence-corrected chi connectivity index (χ1v) is 10.6. The number of benzene rings is 2. The predicted molar refractivity (Wildman–Crippen MR) is 126 cm³/mol. The van der Waals surface area contributed by atoms with Gasteiger partial charge in [0, 0.05) is 41.5 Å². The quantitative estimate of drug-likeness (QED) is 0.364. The lowest BCUT2D eigenvalue weighted by Crippen LogP contribution is -2.10. The highest BCUT2D eigenvalue weighted by Crippen LogP contribution is 2.33. The number of nitrogens with zero attached hydrogens (tertiary/aromatic N) is 4. The average Bonchev–Trinajstić information content (AvgIpc) is 3.14. The molecule has 0 bridgehead atoms. The Kier molecular flexibility index (Phi) is 5.09. The Hall–Kier alpha value is -4.13. The first-order chi connectivity index (χ1) is 16.0. The zero-order valence-electron chi connectivity index (χ0n) is 18.2. The number of rotatable bonds is 4. The van der Waals surface area contributed by atoms with E-state index in [0.717, 1.165) is 45.6 Å². The van der Waals surface area contributed by atoms with Gasteiger partial charge in [-0.3, -0.25) is 9.66 Å². The van der Waals surface area contributed by atoms with Crippen molar-refractivity contribution >= 4 is 10.9 Å². The Morgan fingerprint density at radius 3 is 2.27 bits per heavy atom. The Morgan fingerprint density at radius 2 is 1.61 bits per heavy atom. The van der Waals surface area contributed by atoms with E-state index in [1.165, 1.54) is 22.9 Å². The molecule has 0 fully saturated rings. The third-order valence-electron chi connectivity index (χ3n) is 5.80. The van der Waals surface area contributed by atoms with Gasteiger partial charge in [-0.05, 0) is 54.4 Å². The standard InChI is InChI=1S/C26H21F2N5/c1-3-25-31-12-18(13-32-25)22-9-15(2)19(14-30-22)16-7-8-23-17(10-16)11-24(33(23)29)26-20(27)5-4-6-21(26)28/h4-14H,3,29H2,1-2H3. The topological polar surface area (TPSA) is 69.6 Å². The van der Waals surface area contributed by atoms with Gasteiger partial charge in [0.1, 0.15) is 17.5 Å². The van der Waals surface area contributed by atoms with Crippen molar-refractivity contribution in [3.63, 3.8) is 0 Å². The number of hydrogen-bond donors (Lipinski definition) is 1. The molecule has 7 heteroatoms. The minimum Gasteiger partial charge on any atom is -0.339 e. The molecule has 33 heavy (non-hydrogen) atoms. The first-order valence-electron chi connectivity index (χ1n) is 10.6. The minimum absolute atomic E-state index is 0.142. The lowest BCUT2D eigenvalue weighted by molar-refractivity contribution is 0.588. The van der Waals surface area contributed by atoms with Crippen LogP contribution >= 0.6 is 0 Å². The summed E-state index contributed by atoms with van der Waals surface area (Å²) in [6, 6.07) is 13.2. The van der Waals surface area contributed by atoms with Crippen LogP contribution in [0.1, 0.15) is 18.3 Å². The van der Waals surface area contributed by atoms with Crippen LogP contribution in [0.4, 0.5) is 8.78 Å². The highest BCUT2D eigenvalue weighted by Gasteiger charge is 2.17. The molecule has 0 aliphatic heterocycles. The number of nitrogen functional groups attached to an aromatic ring is 1. The van der Waals surface area contributed by atoms with Crippen LogP contribution < -0.4 is 5.84 Å². The van der Waals surface area contributed by atoms with E-state index < -0.39 is 11.6 Å². The molecule has 5 aromatic rings. The van der Waals surface area contributed by atoms with Gasteiger partial charge in [0.25, 0.3) is 0 Å². The van der Waals surface area contributed by atoms with Gasteiger partial charge in [-0.25, -0.2) is 18.7 Å². The van der Waals surface area contributed by atoms with Crippen LogP contribution in [0.25, 0.3) is 44.5 Å². The van der Waals surface area contributed by atoms with Gasteiger partial charge >= 0.3 is 0 Å². The molecule has 3 heterocycles. The summed E-state index contributed by atoms with van der Waals surface area (Å²) in [7, 11) is 0. The Balaban J connectivity index is 1.55. The number of hydrogen-bond acceptors (Lipinski definition) is 4.